The van der Waals surface area contributed by atoms with Gasteiger partial charge in [-0.15, -0.1) is 12.3 Å². The van der Waals surface area contributed by atoms with Gasteiger partial charge in [0.1, 0.15) is 5.78 Å². The molecule has 0 bridgehead atoms. The van der Waals surface area contributed by atoms with Crippen LogP contribution in [-0.2, 0) is 4.79 Å². The van der Waals surface area contributed by atoms with Gasteiger partial charge in [-0.05, 0) is 38.5 Å². The van der Waals surface area contributed by atoms with E-state index in [9.17, 15) is 4.79 Å². The molecule has 0 saturated carbocycles. The molecule has 0 amide bonds. The zero-order chi connectivity index (χ0) is 16.8. The smallest absolute Gasteiger partial charge is 0.191 e. The molecular formula is C19H32N2O2. The molecule has 1 N–H and O–H groups in total. The second-order valence-electron chi connectivity index (χ2n) is 6.58. The van der Waals surface area contributed by atoms with Gasteiger partial charge in [0.25, 0.3) is 0 Å². The van der Waals surface area contributed by atoms with Crippen LogP contribution in [-0.4, -0.2) is 23.2 Å². The van der Waals surface area contributed by atoms with E-state index in [4.69, 9.17) is 11.5 Å². The summed E-state index contributed by atoms with van der Waals surface area (Å²) in [5, 5.41) is 17.1. The largest absolute Gasteiger partial charge is 0.396 e. The molecule has 0 aromatic heterocycles. The maximum atomic E-state index is 11.4. The summed E-state index contributed by atoms with van der Waals surface area (Å²) in [5.74, 6) is 2.97. The predicted octanol–water partition coefficient (Wildman–Crippen LogP) is 4.80. The third kappa shape index (κ3) is 10.2. The van der Waals surface area contributed by atoms with E-state index >= 15 is 0 Å². The monoisotopic (exact) mass is 320 g/mol. The molecule has 1 rings (SSSR count). The first-order chi connectivity index (χ1) is 11.2. The van der Waals surface area contributed by atoms with E-state index in [2.05, 4.69) is 16.1 Å². The maximum absolute atomic E-state index is 11.4. The van der Waals surface area contributed by atoms with Crippen molar-refractivity contribution in [2.45, 2.75) is 95.6 Å². The zero-order valence-corrected chi connectivity index (χ0v) is 14.4. The van der Waals surface area contributed by atoms with Gasteiger partial charge in [0.05, 0.1) is 0 Å². The highest BCUT2D eigenvalue weighted by Gasteiger charge is 2.38. The summed E-state index contributed by atoms with van der Waals surface area (Å²) < 4.78 is 0. The van der Waals surface area contributed by atoms with Crippen molar-refractivity contribution in [2.75, 3.05) is 6.61 Å². The lowest BCUT2D eigenvalue weighted by Crippen LogP contribution is -2.10. The number of carbonyl (C=O) groups excluding carboxylic acids is 1. The normalized spacial score (nSPS) is 14.6. The van der Waals surface area contributed by atoms with Crippen LogP contribution in [0.1, 0.15) is 89.9 Å². The molecule has 0 spiro atoms. The lowest BCUT2D eigenvalue weighted by molar-refractivity contribution is -0.119. The first-order valence-electron chi connectivity index (χ1n) is 9.22. The molecule has 1 heterocycles. The third-order valence-corrected chi connectivity index (χ3v) is 4.43. The lowest BCUT2D eigenvalue weighted by Gasteiger charge is -2.09. The quantitative estimate of drug-likeness (QED) is 0.328. The summed E-state index contributed by atoms with van der Waals surface area (Å²) in [6, 6.07) is 0. The highest BCUT2D eigenvalue weighted by molar-refractivity contribution is 5.78. The number of aliphatic hydroxyl groups excluding tert-OH is 1. The first-order valence-corrected chi connectivity index (χ1v) is 9.22. The van der Waals surface area contributed by atoms with Gasteiger partial charge in [-0.25, -0.2) is 0 Å². The number of hydrogen-bond acceptors (Lipinski definition) is 4. The molecule has 23 heavy (non-hydrogen) atoms. The minimum absolute atomic E-state index is 0.0637. The number of rotatable bonds is 16. The number of ketones is 1. The average molecular weight is 320 g/mol. The van der Waals surface area contributed by atoms with Crippen LogP contribution in [0.4, 0.5) is 0 Å². The Kier molecular flexibility index (Phi) is 10.6. The van der Waals surface area contributed by atoms with E-state index in [-0.39, 0.29) is 12.3 Å². The molecule has 130 valence electrons. The van der Waals surface area contributed by atoms with E-state index in [0.29, 0.717) is 25.0 Å². The van der Waals surface area contributed by atoms with E-state index in [0.717, 1.165) is 38.5 Å². The van der Waals surface area contributed by atoms with Gasteiger partial charge in [-0.3, -0.25) is 4.79 Å². The fourth-order valence-electron chi connectivity index (χ4n) is 2.88. The Hall–Kier alpha value is -1.21. The van der Waals surface area contributed by atoms with Crippen LogP contribution >= 0.6 is 0 Å². The van der Waals surface area contributed by atoms with E-state index in [1.165, 1.54) is 32.1 Å². The highest BCUT2D eigenvalue weighted by Crippen LogP contribution is 2.38. The highest BCUT2D eigenvalue weighted by atomic mass is 16.3. The van der Waals surface area contributed by atoms with Crippen molar-refractivity contribution in [3.8, 4) is 12.3 Å². The number of Topliss-reactive ketones (excluding diaryl/α,β-unsaturated/α-hetero) is 1. The number of hydrogen-bond donors (Lipinski definition) is 1. The standard InChI is InChI=1S/C19H32N2O2/c1-2-3-10-15-19(20-21-19)16-11-8-6-4-5-7-9-13-18(23)14-12-17-22/h1,22H,3-17H2. The van der Waals surface area contributed by atoms with Crippen LogP contribution in [0.5, 0.6) is 0 Å². The molecular weight excluding hydrogens is 288 g/mol. The van der Waals surface area contributed by atoms with E-state index in [1.807, 2.05) is 0 Å². The molecule has 4 heteroatoms. The minimum atomic E-state index is -0.0637. The molecule has 1 aliphatic rings. The Morgan fingerprint density at radius 2 is 1.43 bits per heavy atom. The van der Waals surface area contributed by atoms with Crippen molar-refractivity contribution in [3.63, 3.8) is 0 Å². The number of aliphatic hydroxyl groups is 1. The topological polar surface area (TPSA) is 62.0 Å². The summed E-state index contributed by atoms with van der Waals surface area (Å²) in [6.45, 7) is 0.123. The molecule has 0 unspecified atom stereocenters. The summed E-state index contributed by atoms with van der Waals surface area (Å²) in [5.41, 5.74) is -0.0637. The summed E-state index contributed by atoms with van der Waals surface area (Å²) in [7, 11) is 0. The molecule has 0 saturated heterocycles. The molecule has 0 aromatic rings. The Labute approximate surface area is 141 Å². The van der Waals surface area contributed by atoms with Crippen molar-refractivity contribution in [1.29, 1.82) is 0 Å². The fraction of sp³-hybridized carbons (Fsp3) is 0.842. The lowest BCUT2D eigenvalue weighted by atomic mass is 9.98. The Morgan fingerprint density at radius 1 is 0.870 bits per heavy atom. The van der Waals surface area contributed by atoms with Crippen LogP contribution in [0.2, 0.25) is 0 Å². The number of unbranched alkanes of at least 4 members (excludes halogenated alkanes) is 7. The van der Waals surface area contributed by atoms with Crippen LogP contribution in [0.15, 0.2) is 10.2 Å². The molecule has 0 radical (unpaired) electrons. The Morgan fingerprint density at radius 3 is 2.04 bits per heavy atom. The molecule has 0 atom stereocenters. The fourth-order valence-corrected chi connectivity index (χ4v) is 2.88. The predicted molar refractivity (Wildman–Crippen MR) is 93.2 cm³/mol. The van der Waals surface area contributed by atoms with Crippen LogP contribution in [0.25, 0.3) is 0 Å². The minimum Gasteiger partial charge on any atom is -0.396 e. The molecule has 0 aromatic carbocycles. The van der Waals surface area contributed by atoms with Gasteiger partial charge in [-0.1, -0.05) is 32.1 Å². The van der Waals surface area contributed by atoms with Gasteiger partial charge < -0.3 is 5.11 Å². The van der Waals surface area contributed by atoms with Gasteiger partial charge in [0.2, 0.25) is 0 Å². The molecule has 0 fully saturated rings. The number of carbonyl (C=O) groups is 1. The Balaban J connectivity index is 1.83. The second-order valence-corrected chi connectivity index (χ2v) is 6.58. The summed E-state index contributed by atoms with van der Waals surface area (Å²) >= 11 is 0. The van der Waals surface area contributed by atoms with Crippen molar-refractivity contribution in [1.82, 2.24) is 0 Å². The SMILES string of the molecule is C#CCCCC1(CCCCCCCCCC(=O)CCCO)N=N1. The molecule has 4 nitrogen and oxygen atoms in total. The first kappa shape index (κ1) is 19.8. The van der Waals surface area contributed by atoms with Gasteiger partial charge in [0, 0.05) is 25.9 Å². The van der Waals surface area contributed by atoms with E-state index in [1.54, 1.807) is 0 Å². The van der Waals surface area contributed by atoms with Crippen molar-refractivity contribution in [2.24, 2.45) is 10.2 Å². The van der Waals surface area contributed by atoms with Crippen molar-refractivity contribution in [3.05, 3.63) is 0 Å². The van der Waals surface area contributed by atoms with E-state index < -0.39 is 0 Å². The summed E-state index contributed by atoms with van der Waals surface area (Å²) in [4.78, 5) is 11.4. The van der Waals surface area contributed by atoms with Gasteiger partial charge in [0.15, 0.2) is 5.66 Å². The third-order valence-electron chi connectivity index (χ3n) is 4.43. The van der Waals surface area contributed by atoms with Crippen molar-refractivity contribution < 1.29 is 9.90 Å². The average Bonchev–Trinajstić information content (AvgIpc) is 3.31. The van der Waals surface area contributed by atoms with Crippen LogP contribution < -0.4 is 0 Å². The Bertz CT molecular complexity index is 393. The zero-order valence-electron chi connectivity index (χ0n) is 14.4. The maximum Gasteiger partial charge on any atom is 0.191 e. The van der Waals surface area contributed by atoms with Crippen molar-refractivity contribution >= 4 is 5.78 Å². The number of nitrogens with zero attached hydrogens (tertiary/aromatic N) is 2. The summed E-state index contributed by atoms with van der Waals surface area (Å²) in [6.07, 6.45) is 19.4. The van der Waals surface area contributed by atoms with Gasteiger partial charge in [-0.2, -0.15) is 10.2 Å². The second kappa shape index (κ2) is 12.2. The molecule has 0 aliphatic carbocycles. The number of terminal acetylenes is 1. The van der Waals surface area contributed by atoms with Gasteiger partial charge >= 0.3 is 0 Å². The van der Waals surface area contributed by atoms with Crippen LogP contribution in [0.3, 0.4) is 0 Å². The van der Waals surface area contributed by atoms with Crippen LogP contribution in [0, 0.1) is 12.3 Å². The molecule has 1 aliphatic heterocycles.